The molecule has 136 valence electrons. The van der Waals surface area contributed by atoms with Gasteiger partial charge in [-0.15, -0.1) is 0 Å². The zero-order valence-corrected chi connectivity index (χ0v) is 14.6. The van der Waals surface area contributed by atoms with Crippen molar-refractivity contribution in [3.05, 3.63) is 84.4 Å². The molecule has 1 aromatic heterocycles. The fourth-order valence-electron chi connectivity index (χ4n) is 2.82. The number of carbonyl (C=O) groups is 2. The van der Waals surface area contributed by atoms with E-state index in [4.69, 9.17) is 5.11 Å². The summed E-state index contributed by atoms with van der Waals surface area (Å²) in [6.07, 6.45) is 3.00. The molecule has 3 aromatic rings. The van der Waals surface area contributed by atoms with Gasteiger partial charge in [-0.05, 0) is 29.2 Å². The minimum Gasteiger partial charge on any atom is -0.481 e. The molecule has 0 unspecified atom stereocenters. The van der Waals surface area contributed by atoms with E-state index in [-0.39, 0.29) is 12.1 Å². The molecule has 0 radical (unpaired) electrons. The van der Waals surface area contributed by atoms with Crippen molar-refractivity contribution in [2.75, 3.05) is 0 Å². The Bertz CT molecular complexity index is 897. The summed E-state index contributed by atoms with van der Waals surface area (Å²) >= 11 is 0. The lowest BCUT2D eigenvalue weighted by Crippen LogP contribution is -2.38. The lowest BCUT2D eigenvalue weighted by Gasteiger charge is -2.17. The van der Waals surface area contributed by atoms with E-state index < -0.39 is 17.9 Å². The highest BCUT2D eigenvalue weighted by Crippen LogP contribution is 2.20. The minimum atomic E-state index is -0.969. The molecular weight excluding hydrogens is 342 g/mol. The molecule has 1 amide bonds. The molecule has 0 fully saturated rings. The molecule has 0 saturated carbocycles. The number of carbonyl (C=O) groups excluding carboxylic acids is 1. The summed E-state index contributed by atoms with van der Waals surface area (Å²) in [6, 6.07) is 18.8. The highest BCUT2D eigenvalue weighted by Gasteiger charge is 2.18. The molecule has 0 spiro atoms. The Morgan fingerprint density at radius 3 is 2.30 bits per heavy atom. The number of hydrogen-bond acceptors (Lipinski definition) is 4. The maximum Gasteiger partial charge on any atom is 0.305 e. The third-order valence-electron chi connectivity index (χ3n) is 4.11. The number of benzene rings is 2. The zero-order valence-electron chi connectivity index (χ0n) is 14.6. The van der Waals surface area contributed by atoms with Crippen LogP contribution in [0.5, 0.6) is 0 Å². The maximum atomic E-state index is 12.3. The molecule has 1 atom stereocenters. The summed E-state index contributed by atoms with van der Waals surface area (Å²) in [4.78, 5) is 31.1. The number of aliphatic carboxylic acids is 1. The monoisotopic (exact) mass is 361 g/mol. The van der Waals surface area contributed by atoms with Crippen LogP contribution in [0, 0.1) is 0 Å². The van der Waals surface area contributed by atoms with E-state index in [1.807, 2.05) is 54.6 Å². The summed E-state index contributed by atoms with van der Waals surface area (Å²) in [5.41, 5.74) is 3.35. The van der Waals surface area contributed by atoms with Crippen molar-refractivity contribution in [2.45, 2.75) is 18.9 Å². The third kappa shape index (κ3) is 5.22. The van der Waals surface area contributed by atoms with Crippen LogP contribution in [-0.4, -0.2) is 33.0 Å². The first kappa shape index (κ1) is 18.3. The van der Waals surface area contributed by atoms with Crippen LogP contribution in [-0.2, 0) is 11.2 Å². The molecule has 0 aliphatic rings. The largest absolute Gasteiger partial charge is 0.481 e. The first-order chi connectivity index (χ1) is 13.1. The van der Waals surface area contributed by atoms with E-state index in [1.165, 1.54) is 18.6 Å². The Balaban J connectivity index is 1.70. The molecule has 27 heavy (non-hydrogen) atoms. The standard InChI is InChI=1S/C21H19N3O3/c25-20(26)13-18(24-21(27)19-10-11-22-14-23-19)12-15-6-8-17(9-7-15)16-4-2-1-3-5-16/h1-11,14,18H,12-13H2,(H,24,27)(H,25,26)/t18-/m1/s1. The lowest BCUT2D eigenvalue weighted by atomic mass is 9.99. The molecule has 0 saturated heterocycles. The predicted octanol–water partition coefficient (Wildman–Crippen LogP) is 2.96. The van der Waals surface area contributed by atoms with Crippen molar-refractivity contribution in [2.24, 2.45) is 0 Å². The Morgan fingerprint density at radius 1 is 0.963 bits per heavy atom. The van der Waals surface area contributed by atoms with Gasteiger partial charge in [0.1, 0.15) is 12.0 Å². The summed E-state index contributed by atoms with van der Waals surface area (Å²) in [5, 5.41) is 11.9. The van der Waals surface area contributed by atoms with Crippen molar-refractivity contribution in [3.63, 3.8) is 0 Å². The quantitative estimate of drug-likeness (QED) is 0.675. The molecule has 6 heteroatoms. The van der Waals surface area contributed by atoms with Crippen LogP contribution in [0.15, 0.2) is 73.2 Å². The number of carboxylic acid groups (broad SMARTS) is 1. The molecule has 2 N–H and O–H groups in total. The first-order valence-electron chi connectivity index (χ1n) is 8.55. The lowest BCUT2D eigenvalue weighted by molar-refractivity contribution is -0.137. The second-order valence-electron chi connectivity index (χ2n) is 6.13. The zero-order chi connectivity index (χ0) is 19.1. The van der Waals surface area contributed by atoms with Crippen LogP contribution in [0.3, 0.4) is 0 Å². The summed E-state index contributed by atoms with van der Waals surface area (Å²) in [7, 11) is 0. The van der Waals surface area contributed by atoms with Gasteiger partial charge in [-0.25, -0.2) is 9.97 Å². The molecular formula is C21H19N3O3. The van der Waals surface area contributed by atoms with Gasteiger partial charge < -0.3 is 10.4 Å². The van der Waals surface area contributed by atoms with Gasteiger partial charge in [0.15, 0.2) is 0 Å². The van der Waals surface area contributed by atoms with Crippen molar-refractivity contribution < 1.29 is 14.7 Å². The number of nitrogens with one attached hydrogen (secondary N) is 1. The average molecular weight is 361 g/mol. The Kier molecular flexibility index (Phi) is 5.89. The van der Waals surface area contributed by atoms with Crippen LogP contribution < -0.4 is 5.32 Å². The predicted molar refractivity (Wildman–Crippen MR) is 101 cm³/mol. The molecule has 1 heterocycles. The number of nitrogens with zero attached hydrogens (tertiary/aromatic N) is 2. The van der Waals surface area contributed by atoms with Gasteiger partial charge in [0, 0.05) is 12.2 Å². The number of amides is 1. The molecule has 6 nitrogen and oxygen atoms in total. The van der Waals surface area contributed by atoms with Gasteiger partial charge in [0.05, 0.1) is 6.42 Å². The highest BCUT2D eigenvalue weighted by atomic mass is 16.4. The molecule has 0 aliphatic heterocycles. The number of hydrogen-bond donors (Lipinski definition) is 2. The second-order valence-corrected chi connectivity index (χ2v) is 6.13. The maximum absolute atomic E-state index is 12.3. The van der Waals surface area contributed by atoms with Crippen LogP contribution in [0.2, 0.25) is 0 Å². The number of carboxylic acids is 1. The summed E-state index contributed by atoms with van der Waals surface area (Å²) in [6.45, 7) is 0. The Hall–Kier alpha value is -3.54. The number of aromatic nitrogens is 2. The second kappa shape index (κ2) is 8.71. The molecule has 2 aromatic carbocycles. The third-order valence-corrected chi connectivity index (χ3v) is 4.11. The van der Waals surface area contributed by atoms with Crippen LogP contribution >= 0.6 is 0 Å². The van der Waals surface area contributed by atoms with Crippen LogP contribution in [0.25, 0.3) is 11.1 Å². The van der Waals surface area contributed by atoms with Gasteiger partial charge in [-0.2, -0.15) is 0 Å². The van der Waals surface area contributed by atoms with E-state index in [0.29, 0.717) is 6.42 Å². The van der Waals surface area contributed by atoms with Gasteiger partial charge in [-0.3, -0.25) is 9.59 Å². The normalized spacial score (nSPS) is 11.6. The topological polar surface area (TPSA) is 92.2 Å². The van der Waals surface area contributed by atoms with Gasteiger partial charge in [0.2, 0.25) is 0 Å². The molecule has 0 bridgehead atoms. The SMILES string of the molecule is O=C(O)C[C@@H](Cc1ccc(-c2ccccc2)cc1)NC(=O)c1ccncn1. The van der Waals surface area contributed by atoms with Crippen molar-refractivity contribution in [1.29, 1.82) is 0 Å². The average Bonchev–Trinajstić information content (AvgIpc) is 2.69. The fourth-order valence-corrected chi connectivity index (χ4v) is 2.82. The minimum absolute atomic E-state index is 0.169. The summed E-state index contributed by atoms with van der Waals surface area (Å²) < 4.78 is 0. The summed E-state index contributed by atoms with van der Waals surface area (Å²) in [5.74, 6) is -1.38. The van der Waals surface area contributed by atoms with Crippen molar-refractivity contribution in [3.8, 4) is 11.1 Å². The van der Waals surface area contributed by atoms with Crippen LogP contribution in [0.4, 0.5) is 0 Å². The Labute approximate surface area is 156 Å². The van der Waals surface area contributed by atoms with Crippen molar-refractivity contribution in [1.82, 2.24) is 15.3 Å². The Morgan fingerprint density at radius 2 is 1.67 bits per heavy atom. The van der Waals surface area contributed by atoms with E-state index >= 15 is 0 Å². The van der Waals surface area contributed by atoms with Gasteiger partial charge in [-0.1, -0.05) is 54.6 Å². The van der Waals surface area contributed by atoms with E-state index in [1.54, 1.807) is 0 Å². The van der Waals surface area contributed by atoms with E-state index in [2.05, 4.69) is 15.3 Å². The van der Waals surface area contributed by atoms with Crippen molar-refractivity contribution >= 4 is 11.9 Å². The van der Waals surface area contributed by atoms with E-state index in [9.17, 15) is 9.59 Å². The van der Waals surface area contributed by atoms with Crippen LogP contribution in [0.1, 0.15) is 22.5 Å². The highest BCUT2D eigenvalue weighted by molar-refractivity contribution is 5.92. The van der Waals surface area contributed by atoms with Gasteiger partial charge >= 0.3 is 5.97 Å². The fraction of sp³-hybridized carbons (Fsp3) is 0.143. The molecule has 3 rings (SSSR count). The smallest absolute Gasteiger partial charge is 0.305 e. The number of rotatable bonds is 7. The van der Waals surface area contributed by atoms with E-state index in [0.717, 1.165) is 16.7 Å². The molecule has 0 aliphatic carbocycles. The van der Waals surface area contributed by atoms with Gasteiger partial charge in [0.25, 0.3) is 5.91 Å². The first-order valence-corrected chi connectivity index (χ1v) is 8.55.